The third-order valence-electron chi connectivity index (χ3n) is 11.5. The number of carboxylic acid groups (broad SMARTS) is 1. The van der Waals surface area contributed by atoms with Gasteiger partial charge in [0.2, 0.25) is 17.7 Å². The number of benzene rings is 4. The molecule has 2 atom stereocenters. The van der Waals surface area contributed by atoms with Crippen LogP contribution in [0.2, 0.25) is 0 Å². The van der Waals surface area contributed by atoms with Crippen molar-refractivity contribution >= 4 is 53.6 Å². The smallest absolute Gasteiger partial charge is 0.481 e. The van der Waals surface area contributed by atoms with Crippen LogP contribution in [0.1, 0.15) is 54.7 Å². The fourth-order valence-electron chi connectivity index (χ4n) is 7.65. The number of carbonyl (C=O) groups is 8. The molecule has 0 fully saturated rings. The summed E-state index contributed by atoms with van der Waals surface area (Å²) in [5.41, 5.74) is 9.95. The van der Waals surface area contributed by atoms with Gasteiger partial charge in [0.15, 0.2) is 0 Å². The molecular weight excluding hydrogens is 1040 g/mol. The molecule has 0 heterocycles. The van der Waals surface area contributed by atoms with Gasteiger partial charge in [0.05, 0.1) is 64.3 Å². The van der Waals surface area contributed by atoms with Crippen LogP contribution in [0.25, 0.3) is 11.1 Å². The SMILES string of the molecule is NC(=O)NCCC[C@H](NC(=O)CNC(=O)[C@H](CCC(=O)O)NC(=O)CCOCCOCCOCCOCCNC(=O)OCC1c2ccccc2-c2ccccc21)C(=O)Oc1ccc(COC(=O)Oc2ccc([N+](=O)[O-])cc2)cc1. The van der Waals surface area contributed by atoms with Crippen LogP contribution in [0.15, 0.2) is 97.1 Å². The molecular formula is C53H63N7O19. The zero-order valence-electron chi connectivity index (χ0n) is 43.0. The van der Waals surface area contributed by atoms with Crippen molar-refractivity contribution in [1.29, 1.82) is 0 Å². The second-order valence-corrected chi connectivity index (χ2v) is 17.2. The van der Waals surface area contributed by atoms with Crippen molar-refractivity contribution < 1.29 is 86.3 Å². The summed E-state index contributed by atoms with van der Waals surface area (Å²) in [7, 11) is 0. The number of aliphatic carboxylic acids is 1. The summed E-state index contributed by atoms with van der Waals surface area (Å²) in [6.45, 7) is 1.28. The number of esters is 1. The number of non-ortho nitro benzene ring substituents is 1. The van der Waals surface area contributed by atoms with Crippen LogP contribution < -0.4 is 41.8 Å². The number of primary amides is 1. The monoisotopic (exact) mass is 1100 g/mol. The molecule has 0 radical (unpaired) electrons. The highest BCUT2D eigenvalue weighted by molar-refractivity contribution is 5.92. The van der Waals surface area contributed by atoms with Gasteiger partial charge < -0.3 is 75.3 Å². The Labute approximate surface area is 453 Å². The van der Waals surface area contributed by atoms with Gasteiger partial charge in [-0.15, -0.1) is 0 Å². The first-order valence-corrected chi connectivity index (χ1v) is 25.1. The van der Waals surface area contributed by atoms with E-state index in [0.717, 1.165) is 34.4 Å². The number of hydrogen-bond donors (Lipinski definition) is 7. The molecule has 4 aromatic rings. The minimum Gasteiger partial charge on any atom is -0.481 e. The van der Waals surface area contributed by atoms with Gasteiger partial charge >= 0.3 is 30.2 Å². The molecule has 79 heavy (non-hydrogen) atoms. The molecule has 0 aliphatic heterocycles. The van der Waals surface area contributed by atoms with Crippen LogP contribution in [0.5, 0.6) is 11.5 Å². The number of urea groups is 1. The normalized spacial score (nSPS) is 12.1. The number of nitro groups is 1. The van der Waals surface area contributed by atoms with E-state index in [9.17, 15) is 53.6 Å². The van der Waals surface area contributed by atoms with E-state index >= 15 is 0 Å². The third kappa shape index (κ3) is 22.4. The second-order valence-electron chi connectivity index (χ2n) is 17.2. The van der Waals surface area contributed by atoms with Crippen LogP contribution in [0.4, 0.5) is 20.1 Å². The Balaban J connectivity index is 0.911. The fourth-order valence-corrected chi connectivity index (χ4v) is 7.65. The minimum atomic E-state index is -1.34. The quantitative estimate of drug-likeness (QED) is 0.00864. The standard InChI is InChI=1S/C53H63N7O19/c54-51(67)55-22-5-10-45(50(66)78-37-15-11-35(12-16-37)33-77-53(69)79-38-17-13-36(14-18-38)60(70)71)59-47(62)32-57-49(65)44(19-20-48(63)64)58-46(61)21-24-72-26-28-74-30-31-75-29-27-73-25-23-56-52(68)76-34-43-41-8-3-1-6-39(41)40-7-2-4-9-42(40)43/h1-4,6-9,11-18,43-45H,5,10,19-34H2,(H,56,68)(H,57,65)(H,58,61)(H,59,62)(H,63,64)(H3,54,55,67)/t44-,45-/m0/s1. The lowest BCUT2D eigenvalue weighted by atomic mass is 9.98. The Morgan fingerprint density at radius 1 is 0.608 bits per heavy atom. The Morgan fingerprint density at radius 3 is 1.78 bits per heavy atom. The van der Waals surface area contributed by atoms with Crippen molar-refractivity contribution in [2.45, 2.75) is 56.7 Å². The maximum absolute atomic E-state index is 13.3. The number of hydrogen-bond acceptors (Lipinski definition) is 18. The summed E-state index contributed by atoms with van der Waals surface area (Å²) in [6.07, 6.45) is -2.48. The highest BCUT2D eigenvalue weighted by atomic mass is 16.7. The molecule has 1 aliphatic carbocycles. The molecule has 1 aliphatic rings. The van der Waals surface area contributed by atoms with E-state index in [1.165, 1.54) is 36.4 Å². The lowest BCUT2D eigenvalue weighted by Gasteiger charge is -2.20. The van der Waals surface area contributed by atoms with Crippen LogP contribution in [-0.4, -0.2) is 149 Å². The molecule has 0 bridgehead atoms. The number of amides is 6. The molecule has 5 rings (SSSR count). The van der Waals surface area contributed by atoms with Gasteiger partial charge in [-0.3, -0.25) is 29.3 Å². The largest absolute Gasteiger partial charge is 0.514 e. The summed E-state index contributed by atoms with van der Waals surface area (Å²) in [5, 5.41) is 32.4. The zero-order valence-corrected chi connectivity index (χ0v) is 43.0. The molecule has 0 unspecified atom stereocenters. The number of ether oxygens (including phenoxy) is 8. The molecule has 424 valence electrons. The minimum absolute atomic E-state index is 0.0204. The molecule has 4 aromatic carbocycles. The fraction of sp³-hybridized carbons (Fsp3) is 0.396. The lowest BCUT2D eigenvalue weighted by Crippen LogP contribution is -2.51. The van der Waals surface area contributed by atoms with E-state index in [4.69, 9.17) is 43.6 Å². The number of nitro benzene ring substituents is 1. The summed E-state index contributed by atoms with van der Waals surface area (Å²) in [6, 6.07) is 23.2. The first-order valence-electron chi connectivity index (χ1n) is 25.1. The third-order valence-corrected chi connectivity index (χ3v) is 11.5. The van der Waals surface area contributed by atoms with Crippen molar-refractivity contribution in [1.82, 2.24) is 26.6 Å². The van der Waals surface area contributed by atoms with Gasteiger partial charge in [-0.25, -0.2) is 19.2 Å². The van der Waals surface area contributed by atoms with Crippen LogP contribution in [-0.2, 0) is 59.0 Å². The summed E-state index contributed by atoms with van der Waals surface area (Å²) >= 11 is 0. The predicted molar refractivity (Wildman–Crippen MR) is 278 cm³/mol. The molecule has 0 aromatic heterocycles. The topological polar surface area (TPSA) is 360 Å². The number of fused-ring (bicyclic) bond motifs is 3. The summed E-state index contributed by atoms with van der Waals surface area (Å²) in [5.74, 6) is -4.47. The van der Waals surface area contributed by atoms with Crippen LogP contribution >= 0.6 is 0 Å². The number of nitrogens with two attached hydrogens (primary N) is 1. The number of alkyl carbamates (subject to hydrolysis) is 1. The Bertz CT molecular complexity index is 2630. The van der Waals surface area contributed by atoms with Crippen LogP contribution in [0, 0.1) is 10.1 Å². The van der Waals surface area contributed by atoms with Gasteiger partial charge in [-0.05, 0) is 71.3 Å². The van der Waals surface area contributed by atoms with Crippen molar-refractivity contribution in [2.75, 3.05) is 79.1 Å². The number of rotatable bonds is 35. The Hall–Kier alpha value is -8.72. The van der Waals surface area contributed by atoms with Gasteiger partial charge in [0.1, 0.15) is 36.8 Å². The predicted octanol–water partition coefficient (Wildman–Crippen LogP) is 3.61. The van der Waals surface area contributed by atoms with Gasteiger partial charge in [0.25, 0.3) is 5.69 Å². The molecule has 26 heteroatoms. The number of carbonyl (C=O) groups excluding carboxylic acids is 7. The van der Waals surface area contributed by atoms with E-state index in [-0.39, 0.29) is 115 Å². The molecule has 6 amide bonds. The highest BCUT2D eigenvalue weighted by Crippen LogP contribution is 2.44. The number of nitrogens with zero attached hydrogens (tertiary/aromatic N) is 1. The second kappa shape index (κ2) is 33.4. The first-order chi connectivity index (χ1) is 38.2. The molecule has 0 saturated heterocycles. The van der Waals surface area contributed by atoms with E-state index < -0.39 is 77.9 Å². The van der Waals surface area contributed by atoms with Crippen molar-refractivity contribution in [2.24, 2.45) is 5.73 Å². The Kier molecular flexibility index (Phi) is 25.9. The molecule has 8 N–H and O–H groups in total. The van der Waals surface area contributed by atoms with E-state index in [1.54, 1.807) is 0 Å². The average Bonchev–Trinajstić information content (AvgIpc) is 3.92. The van der Waals surface area contributed by atoms with E-state index in [1.807, 2.05) is 24.3 Å². The zero-order chi connectivity index (χ0) is 56.8. The van der Waals surface area contributed by atoms with Crippen molar-refractivity contribution in [3.8, 4) is 22.6 Å². The number of carboxylic acids is 1. The van der Waals surface area contributed by atoms with Crippen LogP contribution in [0.3, 0.4) is 0 Å². The molecule has 0 spiro atoms. The first kappa shape index (κ1) is 61.1. The van der Waals surface area contributed by atoms with Gasteiger partial charge in [0, 0.05) is 44.0 Å². The van der Waals surface area contributed by atoms with Crippen molar-refractivity contribution in [3.63, 3.8) is 0 Å². The van der Waals surface area contributed by atoms with E-state index in [2.05, 4.69) is 50.8 Å². The molecule has 0 saturated carbocycles. The maximum Gasteiger partial charge on any atom is 0.514 e. The number of nitrogens with one attached hydrogen (secondary N) is 5. The summed E-state index contributed by atoms with van der Waals surface area (Å²) < 4.78 is 43.0. The average molecular weight is 1100 g/mol. The van der Waals surface area contributed by atoms with Crippen molar-refractivity contribution in [3.05, 3.63) is 124 Å². The van der Waals surface area contributed by atoms with Gasteiger partial charge in [-0.2, -0.15) is 0 Å². The van der Waals surface area contributed by atoms with E-state index in [0.29, 0.717) is 18.8 Å². The van der Waals surface area contributed by atoms with Gasteiger partial charge in [-0.1, -0.05) is 60.7 Å². The molecule has 26 nitrogen and oxygen atoms in total. The Morgan fingerprint density at radius 2 is 1.18 bits per heavy atom. The highest BCUT2D eigenvalue weighted by Gasteiger charge is 2.29. The maximum atomic E-state index is 13.3. The lowest BCUT2D eigenvalue weighted by molar-refractivity contribution is -0.384. The summed E-state index contributed by atoms with van der Waals surface area (Å²) in [4.78, 5) is 109.